The highest BCUT2D eigenvalue weighted by atomic mass is 32.2. The van der Waals surface area contributed by atoms with Gasteiger partial charge in [0.1, 0.15) is 0 Å². The van der Waals surface area contributed by atoms with Crippen molar-refractivity contribution in [2.45, 2.75) is 60.6 Å². The van der Waals surface area contributed by atoms with Crippen LogP contribution in [0.2, 0.25) is 0 Å². The van der Waals surface area contributed by atoms with Crippen molar-refractivity contribution in [1.82, 2.24) is 16.0 Å². The van der Waals surface area contributed by atoms with Gasteiger partial charge in [-0.05, 0) is 66.4 Å². The number of thiol groups is 1. The monoisotopic (exact) mass is 921 g/mol. The van der Waals surface area contributed by atoms with E-state index in [4.69, 9.17) is 0 Å². The SMILES string of the molecule is CCCCN[C@@H](CS)C(=O)C[C@@H](CSC(c1ccccc1)(c1ccccc1)c1ccccc1)C(=O)N[C@@H](CSC(c1ccccc1)(c1ccccc1)c1ccccc1)C(=O)CCCNC. The van der Waals surface area contributed by atoms with Crippen LogP contribution in [0.1, 0.15) is 72.4 Å². The Hall–Kier alpha value is -4.90. The fraction of sp³-hybridized carbons (Fsp3) is 0.304. The van der Waals surface area contributed by atoms with Gasteiger partial charge in [0.15, 0.2) is 11.6 Å². The Morgan fingerprint density at radius 3 is 1.26 bits per heavy atom. The Morgan fingerprint density at radius 1 is 0.523 bits per heavy atom. The Labute approximate surface area is 401 Å². The lowest BCUT2D eigenvalue weighted by atomic mass is 9.84. The lowest BCUT2D eigenvalue weighted by Crippen LogP contribution is -2.48. The molecule has 6 aromatic rings. The molecule has 0 radical (unpaired) electrons. The first kappa shape index (κ1) is 49.5. The van der Waals surface area contributed by atoms with E-state index in [0.717, 1.165) is 46.2 Å². The van der Waals surface area contributed by atoms with Crippen molar-refractivity contribution in [3.8, 4) is 0 Å². The Morgan fingerprint density at radius 2 is 0.908 bits per heavy atom. The molecule has 3 N–H and O–H groups in total. The predicted molar refractivity (Wildman–Crippen MR) is 277 cm³/mol. The zero-order chi connectivity index (χ0) is 45.7. The maximum atomic E-state index is 15.3. The lowest BCUT2D eigenvalue weighted by molar-refractivity contribution is -0.131. The second-order valence-electron chi connectivity index (χ2n) is 16.3. The zero-order valence-electron chi connectivity index (χ0n) is 37.6. The van der Waals surface area contributed by atoms with E-state index in [2.05, 4.69) is 108 Å². The fourth-order valence-electron chi connectivity index (χ4n) is 8.44. The summed E-state index contributed by atoms with van der Waals surface area (Å²) in [5.74, 6) is -0.254. The smallest absolute Gasteiger partial charge is 0.225 e. The molecule has 0 aliphatic rings. The number of thioether (sulfide) groups is 2. The topological polar surface area (TPSA) is 87.3 Å². The van der Waals surface area contributed by atoms with E-state index in [0.29, 0.717) is 43.2 Å². The van der Waals surface area contributed by atoms with Gasteiger partial charge in [0.25, 0.3) is 0 Å². The summed E-state index contributed by atoms with van der Waals surface area (Å²) in [6, 6.07) is 61.0. The quantitative estimate of drug-likeness (QED) is 0.0233. The number of Topliss-reactive ketones (excluding diaryl/α,β-unsaturated/α-hetero) is 2. The molecule has 0 aromatic heterocycles. The van der Waals surface area contributed by atoms with Crippen LogP contribution in [0.25, 0.3) is 0 Å². The molecule has 0 spiro atoms. The van der Waals surface area contributed by atoms with Gasteiger partial charge in [0.05, 0.1) is 27.5 Å². The summed E-state index contributed by atoms with van der Waals surface area (Å²) < 4.78 is -1.42. The Bertz CT molecular complexity index is 2130. The van der Waals surface area contributed by atoms with Crippen LogP contribution in [0, 0.1) is 5.92 Å². The second-order valence-corrected chi connectivity index (χ2v) is 19.2. The van der Waals surface area contributed by atoms with Gasteiger partial charge in [-0.1, -0.05) is 195 Å². The number of unbranched alkanes of at least 4 members (excludes halogenated alkanes) is 1. The molecule has 338 valence electrons. The van der Waals surface area contributed by atoms with Crippen LogP contribution in [-0.2, 0) is 23.9 Å². The maximum Gasteiger partial charge on any atom is 0.225 e. The molecule has 0 saturated carbocycles. The van der Waals surface area contributed by atoms with Gasteiger partial charge in [-0.3, -0.25) is 14.4 Å². The highest BCUT2D eigenvalue weighted by Crippen LogP contribution is 2.50. The third-order valence-corrected chi connectivity index (χ3v) is 15.6. The summed E-state index contributed by atoms with van der Waals surface area (Å²) in [6.07, 6.45) is 2.84. The number of carbonyl (C=O) groups excluding carboxylic acids is 3. The second kappa shape index (κ2) is 25.7. The van der Waals surface area contributed by atoms with E-state index in [9.17, 15) is 9.59 Å². The van der Waals surface area contributed by atoms with Gasteiger partial charge in [-0.15, -0.1) is 23.5 Å². The predicted octanol–water partition coefficient (Wildman–Crippen LogP) is 10.8. The molecule has 0 saturated heterocycles. The van der Waals surface area contributed by atoms with Crippen molar-refractivity contribution >= 4 is 53.6 Å². The highest BCUT2D eigenvalue weighted by Gasteiger charge is 2.41. The number of amides is 1. The molecule has 0 aliphatic carbocycles. The van der Waals surface area contributed by atoms with Gasteiger partial charge < -0.3 is 16.0 Å². The summed E-state index contributed by atoms with van der Waals surface area (Å²) in [6.45, 7) is 3.48. The van der Waals surface area contributed by atoms with E-state index in [1.54, 1.807) is 23.5 Å². The van der Waals surface area contributed by atoms with Gasteiger partial charge in [0.2, 0.25) is 5.91 Å². The molecule has 0 unspecified atom stereocenters. The molecule has 0 bridgehead atoms. The number of hydrogen-bond donors (Lipinski definition) is 4. The third-order valence-electron chi connectivity index (χ3n) is 11.9. The molecule has 3 atom stereocenters. The van der Waals surface area contributed by atoms with E-state index >= 15 is 4.79 Å². The summed E-state index contributed by atoms with van der Waals surface area (Å²) >= 11 is 7.91. The van der Waals surface area contributed by atoms with Crippen LogP contribution in [0.5, 0.6) is 0 Å². The number of rotatable bonds is 27. The Kier molecular flexibility index (Phi) is 19.6. The molecule has 0 aliphatic heterocycles. The van der Waals surface area contributed by atoms with E-state index < -0.39 is 27.5 Å². The summed E-state index contributed by atoms with van der Waals surface area (Å²) in [5, 5.41) is 9.89. The number of hydrogen-bond acceptors (Lipinski definition) is 8. The van der Waals surface area contributed by atoms with Crippen LogP contribution < -0.4 is 16.0 Å². The average Bonchev–Trinajstić information content (AvgIpc) is 3.36. The molecule has 0 fully saturated rings. The molecule has 9 heteroatoms. The van der Waals surface area contributed by atoms with Crippen molar-refractivity contribution in [3.63, 3.8) is 0 Å². The summed E-state index contributed by atoms with van der Waals surface area (Å²) in [4.78, 5) is 44.2. The molecule has 1 amide bonds. The average molecular weight is 922 g/mol. The first-order valence-electron chi connectivity index (χ1n) is 22.8. The number of carbonyl (C=O) groups is 3. The summed E-state index contributed by atoms with van der Waals surface area (Å²) in [5.41, 5.74) is 6.41. The highest BCUT2D eigenvalue weighted by molar-refractivity contribution is 8.01. The standard InChI is InChI=1S/C56H63N3O3S3/c1-3-4-38-58-50(40-63)53(61)39-43(41-64-55(44-24-11-5-12-25-44,45-26-13-6-14-27-45)46-28-15-7-16-29-46)54(62)59-51(52(60)36-23-37-57-2)42-65-56(47-30-17-8-18-31-47,48-32-19-9-20-33-48)49-34-21-10-22-35-49/h5-22,24-35,43,50-51,57-58,63H,3-4,23,36-42H2,1-2H3,(H,59,62)/t43-,50-,51-/m0/s1. The molecule has 65 heavy (non-hydrogen) atoms. The van der Waals surface area contributed by atoms with Crippen LogP contribution in [0.15, 0.2) is 182 Å². The van der Waals surface area contributed by atoms with Gasteiger partial charge >= 0.3 is 0 Å². The van der Waals surface area contributed by atoms with Crippen LogP contribution in [-0.4, -0.2) is 67.0 Å². The van der Waals surface area contributed by atoms with Crippen LogP contribution >= 0.6 is 36.2 Å². The molecule has 6 rings (SSSR count). The minimum absolute atomic E-state index is 0.00652. The molecule has 6 aromatic carbocycles. The van der Waals surface area contributed by atoms with Crippen molar-refractivity contribution in [2.24, 2.45) is 5.92 Å². The van der Waals surface area contributed by atoms with Gasteiger partial charge in [-0.25, -0.2) is 0 Å². The van der Waals surface area contributed by atoms with Crippen molar-refractivity contribution in [1.29, 1.82) is 0 Å². The Balaban J connectivity index is 1.40. The molecular formula is C56H63N3O3S3. The first-order chi connectivity index (χ1) is 31.9. The maximum absolute atomic E-state index is 15.3. The van der Waals surface area contributed by atoms with E-state index in [1.807, 2.05) is 116 Å². The van der Waals surface area contributed by atoms with Crippen LogP contribution in [0.3, 0.4) is 0 Å². The lowest BCUT2D eigenvalue weighted by Gasteiger charge is -2.37. The normalized spacial score (nSPS) is 13.1. The largest absolute Gasteiger partial charge is 0.345 e. The van der Waals surface area contributed by atoms with Crippen molar-refractivity contribution in [3.05, 3.63) is 215 Å². The van der Waals surface area contributed by atoms with Crippen LogP contribution in [0.4, 0.5) is 0 Å². The fourth-order valence-corrected chi connectivity index (χ4v) is 12.0. The van der Waals surface area contributed by atoms with Crippen molar-refractivity contribution < 1.29 is 14.4 Å². The zero-order valence-corrected chi connectivity index (χ0v) is 40.1. The number of benzene rings is 6. The first-order valence-corrected chi connectivity index (χ1v) is 25.4. The molecule has 6 nitrogen and oxygen atoms in total. The number of ketones is 2. The van der Waals surface area contributed by atoms with E-state index in [1.165, 1.54) is 0 Å². The van der Waals surface area contributed by atoms with Crippen molar-refractivity contribution in [2.75, 3.05) is 37.4 Å². The van der Waals surface area contributed by atoms with Gasteiger partial charge in [-0.2, -0.15) is 12.6 Å². The molecular weight excluding hydrogens is 859 g/mol. The minimum Gasteiger partial charge on any atom is -0.345 e. The molecule has 0 heterocycles. The minimum atomic E-state index is -0.826. The number of nitrogens with one attached hydrogen (secondary N) is 3. The van der Waals surface area contributed by atoms with Gasteiger partial charge in [0, 0.05) is 30.1 Å². The van der Waals surface area contributed by atoms with E-state index in [-0.39, 0.29) is 23.9 Å². The third kappa shape index (κ3) is 12.7. The summed E-state index contributed by atoms with van der Waals surface area (Å²) in [7, 11) is 1.88.